The molecule has 0 bridgehead atoms. The Kier molecular flexibility index (Phi) is 3.32. The lowest BCUT2D eigenvalue weighted by Crippen LogP contribution is -2.49. The van der Waals surface area contributed by atoms with Crippen molar-refractivity contribution >= 4 is 17.4 Å². The molecule has 0 saturated carbocycles. The van der Waals surface area contributed by atoms with Gasteiger partial charge in [0, 0.05) is 26.2 Å². The summed E-state index contributed by atoms with van der Waals surface area (Å²) in [7, 11) is 0. The summed E-state index contributed by atoms with van der Waals surface area (Å²) in [6.45, 7) is 5.67. The summed E-state index contributed by atoms with van der Waals surface area (Å²) in [6.07, 6.45) is 3.32. The summed E-state index contributed by atoms with van der Waals surface area (Å²) in [6, 6.07) is 6.38. The van der Waals surface area contributed by atoms with E-state index in [1.54, 1.807) is 0 Å². The van der Waals surface area contributed by atoms with Gasteiger partial charge in [-0.05, 0) is 30.9 Å². The molecule has 0 radical (unpaired) electrons. The van der Waals surface area contributed by atoms with Gasteiger partial charge in [0.15, 0.2) is 0 Å². The number of nitrogens with zero attached hydrogens (tertiary/aromatic N) is 2. The van der Waals surface area contributed by atoms with Crippen molar-refractivity contribution in [3.8, 4) is 0 Å². The van der Waals surface area contributed by atoms with E-state index in [-0.39, 0.29) is 6.03 Å². The zero-order valence-corrected chi connectivity index (χ0v) is 11.5. The number of carbonyl (C=O) groups excluding carboxylic acids is 1. The van der Waals surface area contributed by atoms with E-state index in [0.717, 1.165) is 44.7 Å². The fraction of sp³-hybridized carbons (Fsp3) is 0.533. The monoisotopic (exact) mass is 259 g/mol. The minimum absolute atomic E-state index is 0.0421. The van der Waals surface area contributed by atoms with Crippen molar-refractivity contribution in [1.82, 2.24) is 5.32 Å². The van der Waals surface area contributed by atoms with Crippen LogP contribution in [0.25, 0.3) is 0 Å². The highest BCUT2D eigenvalue weighted by Gasteiger charge is 2.30. The minimum Gasteiger partial charge on any atom is -0.368 e. The number of hydrogen-bond donors (Lipinski definition) is 1. The fourth-order valence-corrected chi connectivity index (χ4v) is 3.04. The van der Waals surface area contributed by atoms with Crippen LogP contribution in [-0.2, 0) is 6.42 Å². The average Bonchev–Trinajstić information content (AvgIpc) is 2.46. The van der Waals surface area contributed by atoms with E-state index in [1.807, 2.05) is 4.90 Å². The molecule has 19 heavy (non-hydrogen) atoms. The number of nitrogens with one attached hydrogen (secondary N) is 1. The van der Waals surface area contributed by atoms with E-state index >= 15 is 0 Å². The number of aryl methyl sites for hydroxylation is 1. The van der Waals surface area contributed by atoms with Crippen LogP contribution in [0.4, 0.5) is 16.2 Å². The molecule has 1 N–H and O–H groups in total. The SMILES string of the molecule is CCCNC(=O)N1CCN2CCCc3cccc1c32. The molecule has 2 aliphatic heterocycles. The van der Waals surface area contributed by atoms with Gasteiger partial charge < -0.3 is 10.2 Å². The Morgan fingerprint density at radius 3 is 3.05 bits per heavy atom. The lowest BCUT2D eigenvalue weighted by molar-refractivity contribution is 0.246. The molecule has 102 valence electrons. The first-order valence-corrected chi connectivity index (χ1v) is 7.23. The molecule has 0 spiro atoms. The highest BCUT2D eigenvalue weighted by Crippen LogP contribution is 2.39. The topological polar surface area (TPSA) is 35.6 Å². The van der Waals surface area contributed by atoms with Gasteiger partial charge in [0.05, 0.1) is 11.4 Å². The maximum Gasteiger partial charge on any atom is 0.322 e. The number of benzene rings is 1. The maximum atomic E-state index is 12.2. The summed E-state index contributed by atoms with van der Waals surface area (Å²) >= 11 is 0. The molecular weight excluding hydrogens is 238 g/mol. The third-order valence-electron chi connectivity index (χ3n) is 3.94. The number of urea groups is 1. The van der Waals surface area contributed by atoms with Crippen LogP contribution in [0.3, 0.4) is 0 Å². The van der Waals surface area contributed by atoms with Crippen molar-refractivity contribution in [2.24, 2.45) is 0 Å². The Balaban J connectivity index is 1.92. The highest BCUT2D eigenvalue weighted by molar-refractivity contribution is 5.97. The van der Waals surface area contributed by atoms with E-state index in [2.05, 4.69) is 35.3 Å². The molecule has 0 saturated heterocycles. The molecule has 0 atom stereocenters. The Bertz CT molecular complexity index is 486. The van der Waals surface area contributed by atoms with Gasteiger partial charge >= 0.3 is 6.03 Å². The van der Waals surface area contributed by atoms with E-state index in [0.29, 0.717) is 0 Å². The van der Waals surface area contributed by atoms with Crippen molar-refractivity contribution in [3.63, 3.8) is 0 Å². The average molecular weight is 259 g/mol. The smallest absolute Gasteiger partial charge is 0.322 e. The molecule has 0 aromatic heterocycles. The predicted octanol–water partition coefficient (Wildman–Crippen LogP) is 2.38. The van der Waals surface area contributed by atoms with Crippen molar-refractivity contribution < 1.29 is 4.79 Å². The molecule has 2 aliphatic rings. The zero-order valence-electron chi connectivity index (χ0n) is 11.5. The van der Waals surface area contributed by atoms with Crippen LogP contribution in [0.2, 0.25) is 0 Å². The largest absolute Gasteiger partial charge is 0.368 e. The van der Waals surface area contributed by atoms with Gasteiger partial charge in [-0.3, -0.25) is 4.90 Å². The lowest BCUT2D eigenvalue weighted by atomic mass is 9.98. The first kappa shape index (κ1) is 12.3. The highest BCUT2D eigenvalue weighted by atomic mass is 16.2. The number of carbonyl (C=O) groups is 1. The number of amides is 2. The molecule has 4 heteroatoms. The normalized spacial score (nSPS) is 17.1. The summed E-state index contributed by atoms with van der Waals surface area (Å²) in [5, 5.41) is 2.98. The van der Waals surface area contributed by atoms with Gasteiger partial charge in [-0.1, -0.05) is 19.1 Å². The van der Waals surface area contributed by atoms with E-state index in [4.69, 9.17) is 0 Å². The van der Waals surface area contributed by atoms with Gasteiger partial charge in [-0.25, -0.2) is 4.79 Å². The second-order valence-electron chi connectivity index (χ2n) is 5.26. The standard InChI is InChI=1S/C15H21N3O/c1-2-8-16-15(19)18-11-10-17-9-4-6-12-5-3-7-13(18)14(12)17/h3,5,7H,2,4,6,8-11H2,1H3,(H,16,19). The third kappa shape index (κ3) is 2.15. The van der Waals surface area contributed by atoms with E-state index in [1.165, 1.54) is 17.7 Å². The summed E-state index contributed by atoms with van der Waals surface area (Å²) in [5.41, 5.74) is 3.75. The lowest BCUT2D eigenvalue weighted by Gasteiger charge is -2.41. The van der Waals surface area contributed by atoms with Gasteiger partial charge in [-0.2, -0.15) is 0 Å². The molecular formula is C15H21N3O. The van der Waals surface area contributed by atoms with Crippen LogP contribution < -0.4 is 15.1 Å². The number of hydrogen-bond acceptors (Lipinski definition) is 2. The molecule has 2 amide bonds. The fourth-order valence-electron chi connectivity index (χ4n) is 3.04. The molecule has 0 fully saturated rings. The maximum absolute atomic E-state index is 12.2. The van der Waals surface area contributed by atoms with E-state index < -0.39 is 0 Å². The molecule has 4 nitrogen and oxygen atoms in total. The summed E-state index contributed by atoms with van der Waals surface area (Å²) in [5.74, 6) is 0. The van der Waals surface area contributed by atoms with Crippen LogP contribution >= 0.6 is 0 Å². The minimum atomic E-state index is 0.0421. The van der Waals surface area contributed by atoms with Crippen molar-refractivity contribution in [3.05, 3.63) is 23.8 Å². The third-order valence-corrected chi connectivity index (χ3v) is 3.94. The Labute approximate surface area is 114 Å². The van der Waals surface area contributed by atoms with Crippen molar-refractivity contribution in [1.29, 1.82) is 0 Å². The molecule has 3 rings (SSSR count). The number of para-hydroxylation sites is 1. The Morgan fingerprint density at radius 1 is 1.32 bits per heavy atom. The van der Waals surface area contributed by atoms with Gasteiger partial charge in [-0.15, -0.1) is 0 Å². The second kappa shape index (κ2) is 5.11. The first-order valence-electron chi connectivity index (χ1n) is 7.23. The number of anilines is 2. The van der Waals surface area contributed by atoms with Crippen LogP contribution in [0.5, 0.6) is 0 Å². The molecule has 0 aliphatic carbocycles. The predicted molar refractivity (Wildman–Crippen MR) is 78.0 cm³/mol. The van der Waals surface area contributed by atoms with Crippen molar-refractivity contribution in [2.75, 3.05) is 36.0 Å². The van der Waals surface area contributed by atoms with Crippen LogP contribution in [0.1, 0.15) is 25.3 Å². The van der Waals surface area contributed by atoms with Crippen LogP contribution in [0.15, 0.2) is 18.2 Å². The summed E-state index contributed by atoms with van der Waals surface area (Å²) < 4.78 is 0. The second-order valence-corrected chi connectivity index (χ2v) is 5.26. The summed E-state index contributed by atoms with van der Waals surface area (Å²) in [4.78, 5) is 16.6. The van der Waals surface area contributed by atoms with Gasteiger partial charge in [0.1, 0.15) is 0 Å². The molecule has 0 unspecified atom stereocenters. The van der Waals surface area contributed by atoms with Crippen LogP contribution in [0, 0.1) is 0 Å². The van der Waals surface area contributed by atoms with Crippen molar-refractivity contribution in [2.45, 2.75) is 26.2 Å². The van der Waals surface area contributed by atoms with E-state index in [9.17, 15) is 4.79 Å². The van der Waals surface area contributed by atoms with Crippen LogP contribution in [-0.4, -0.2) is 32.2 Å². The molecule has 1 aromatic rings. The first-order chi connectivity index (χ1) is 9.31. The van der Waals surface area contributed by atoms with Gasteiger partial charge in [0.2, 0.25) is 0 Å². The molecule has 2 heterocycles. The van der Waals surface area contributed by atoms with Gasteiger partial charge in [0.25, 0.3) is 0 Å². The molecule has 1 aromatic carbocycles. The number of rotatable bonds is 2. The Morgan fingerprint density at radius 2 is 2.21 bits per heavy atom. The zero-order chi connectivity index (χ0) is 13.2. The Hall–Kier alpha value is -1.71. The quantitative estimate of drug-likeness (QED) is 0.885.